The van der Waals surface area contributed by atoms with Crippen molar-refractivity contribution in [1.82, 2.24) is 9.88 Å². The first kappa shape index (κ1) is 14.2. The van der Waals surface area contributed by atoms with Crippen molar-refractivity contribution in [2.24, 2.45) is 0 Å². The fourth-order valence-electron chi connectivity index (χ4n) is 2.14. The van der Waals surface area contributed by atoms with Crippen molar-refractivity contribution in [2.75, 3.05) is 18.8 Å². The van der Waals surface area contributed by atoms with Crippen molar-refractivity contribution in [3.05, 3.63) is 27.9 Å². The molecule has 2 heterocycles. The number of anilines is 1. The van der Waals surface area contributed by atoms with Crippen LogP contribution in [0.1, 0.15) is 30.1 Å². The Bertz CT molecular complexity index is 548. The second-order valence-corrected chi connectivity index (χ2v) is 5.17. The molecule has 3 N–H and O–H groups in total. The summed E-state index contributed by atoms with van der Waals surface area (Å²) < 4.78 is 0. The van der Waals surface area contributed by atoms with Gasteiger partial charge >= 0.3 is 0 Å². The molecule has 2 rings (SSSR count). The van der Waals surface area contributed by atoms with Crippen LogP contribution in [-0.2, 0) is 0 Å². The molecule has 0 radical (unpaired) electrons. The number of aliphatic hydroxyl groups is 1. The average Bonchev–Trinajstić information content (AvgIpc) is 2.37. The third-order valence-corrected chi connectivity index (χ3v) is 3.46. The fourth-order valence-corrected chi connectivity index (χ4v) is 2.14. The minimum atomic E-state index is -0.792. The molecule has 0 bridgehead atoms. The number of likely N-dealkylation sites (tertiary alicyclic amines) is 1. The first-order valence-corrected chi connectivity index (χ1v) is 6.22. The average molecular weight is 280 g/mol. The highest BCUT2D eigenvalue weighted by atomic mass is 16.6. The number of nitrogen functional groups attached to an aromatic ring is 1. The molecule has 1 aromatic rings. The van der Waals surface area contributed by atoms with Gasteiger partial charge in [-0.1, -0.05) is 0 Å². The standard InChI is InChI=1S/C12H16N4O4/c1-12(18)2-4-15(5-3-12)11(17)8-6-10(13)14-7-9(8)16(19)20/h6-7,18H,2-5H2,1H3,(H2,13,14). The lowest BCUT2D eigenvalue weighted by Gasteiger charge is -2.35. The second-order valence-electron chi connectivity index (χ2n) is 5.17. The van der Waals surface area contributed by atoms with E-state index in [4.69, 9.17) is 5.73 Å². The number of aromatic nitrogens is 1. The van der Waals surface area contributed by atoms with Gasteiger partial charge in [0.25, 0.3) is 11.6 Å². The number of pyridine rings is 1. The second kappa shape index (κ2) is 5.04. The van der Waals surface area contributed by atoms with Gasteiger partial charge in [-0.2, -0.15) is 0 Å². The normalized spacial score (nSPS) is 17.8. The van der Waals surface area contributed by atoms with Crippen molar-refractivity contribution >= 4 is 17.4 Å². The monoisotopic (exact) mass is 280 g/mol. The Hall–Kier alpha value is -2.22. The number of nitro groups is 1. The predicted octanol–water partition coefficient (Wildman–Crippen LogP) is 0.559. The van der Waals surface area contributed by atoms with Crippen molar-refractivity contribution in [3.63, 3.8) is 0 Å². The first-order valence-electron chi connectivity index (χ1n) is 6.22. The summed E-state index contributed by atoms with van der Waals surface area (Å²) in [5.74, 6) is -0.399. The van der Waals surface area contributed by atoms with Crippen molar-refractivity contribution in [1.29, 1.82) is 0 Å². The summed E-state index contributed by atoms with van der Waals surface area (Å²) in [6.07, 6.45) is 1.86. The maximum atomic E-state index is 12.3. The lowest BCUT2D eigenvalue weighted by atomic mass is 9.93. The SMILES string of the molecule is CC1(O)CCN(C(=O)c2cc(N)ncc2[N+](=O)[O-])CC1. The molecule has 1 aromatic heterocycles. The Balaban J connectivity index is 2.25. The van der Waals surface area contributed by atoms with Gasteiger partial charge in [0.15, 0.2) is 0 Å². The largest absolute Gasteiger partial charge is 0.390 e. The van der Waals surface area contributed by atoms with Gasteiger partial charge in [0, 0.05) is 13.1 Å². The van der Waals surface area contributed by atoms with Gasteiger partial charge < -0.3 is 15.7 Å². The predicted molar refractivity (Wildman–Crippen MR) is 71.1 cm³/mol. The third kappa shape index (κ3) is 2.85. The zero-order valence-electron chi connectivity index (χ0n) is 11.1. The van der Waals surface area contributed by atoms with Crippen LogP contribution in [0, 0.1) is 10.1 Å². The quantitative estimate of drug-likeness (QED) is 0.602. The van der Waals surface area contributed by atoms with Crippen molar-refractivity contribution in [3.8, 4) is 0 Å². The maximum absolute atomic E-state index is 12.3. The molecule has 1 aliphatic heterocycles. The molecule has 108 valence electrons. The topological polar surface area (TPSA) is 123 Å². The lowest BCUT2D eigenvalue weighted by Crippen LogP contribution is -2.45. The van der Waals surface area contributed by atoms with Crippen LogP contribution in [-0.4, -0.2) is 44.5 Å². The molecular weight excluding hydrogens is 264 g/mol. The highest BCUT2D eigenvalue weighted by Crippen LogP contribution is 2.25. The zero-order valence-corrected chi connectivity index (χ0v) is 11.1. The van der Waals surface area contributed by atoms with Crippen LogP contribution in [0.2, 0.25) is 0 Å². The maximum Gasteiger partial charge on any atom is 0.300 e. The summed E-state index contributed by atoms with van der Waals surface area (Å²) in [4.78, 5) is 27.8. The molecule has 0 aliphatic carbocycles. The molecule has 0 saturated carbocycles. The van der Waals surface area contributed by atoms with Crippen LogP contribution in [0.4, 0.5) is 11.5 Å². The number of amides is 1. The highest BCUT2D eigenvalue weighted by Gasteiger charge is 2.32. The number of nitrogens with two attached hydrogens (primary N) is 1. The van der Waals surface area contributed by atoms with Gasteiger partial charge in [-0.15, -0.1) is 0 Å². The minimum Gasteiger partial charge on any atom is -0.390 e. The van der Waals surface area contributed by atoms with E-state index in [9.17, 15) is 20.0 Å². The Morgan fingerprint density at radius 3 is 2.70 bits per heavy atom. The Morgan fingerprint density at radius 2 is 2.15 bits per heavy atom. The van der Waals surface area contributed by atoms with Crippen LogP contribution >= 0.6 is 0 Å². The Kier molecular flexibility index (Phi) is 3.58. The number of carbonyl (C=O) groups excluding carboxylic acids is 1. The number of carbonyl (C=O) groups is 1. The molecule has 1 aliphatic rings. The van der Waals surface area contributed by atoms with E-state index in [-0.39, 0.29) is 17.1 Å². The summed E-state index contributed by atoms with van der Waals surface area (Å²) in [5.41, 5.74) is 4.28. The molecular formula is C12H16N4O4. The van der Waals surface area contributed by atoms with E-state index in [1.54, 1.807) is 6.92 Å². The summed E-state index contributed by atoms with van der Waals surface area (Å²) in [7, 11) is 0. The molecule has 8 heteroatoms. The first-order chi connectivity index (χ1) is 9.30. The summed E-state index contributed by atoms with van der Waals surface area (Å²) >= 11 is 0. The van der Waals surface area contributed by atoms with E-state index in [2.05, 4.69) is 4.98 Å². The summed E-state index contributed by atoms with van der Waals surface area (Å²) in [5, 5.41) is 20.8. The molecule has 1 amide bonds. The van der Waals surface area contributed by atoms with E-state index >= 15 is 0 Å². The smallest absolute Gasteiger partial charge is 0.300 e. The van der Waals surface area contributed by atoms with E-state index in [0.717, 1.165) is 6.20 Å². The Morgan fingerprint density at radius 1 is 1.55 bits per heavy atom. The fraction of sp³-hybridized carbons (Fsp3) is 0.500. The van der Waals surface area contributed by atoms with Crippen molar-refractivity contribution < 1.29 is 14.8 Å². The van der Waals surface area contributed by atoms with Crippen LogP contribution < -0.4 is 5.73 Å². The lowest BCUT2D eigenvalue weighted by molar-refractivity contribution is -0.385. The zero-order chi connectivity index (χ0) is 14.9. The van der Waals surface area contributed by atoms with Gasteiger partial charge in [-0.3, -0.25) is 14.9 Å². The summed E-state index contributed by atoms with van der Waals surface area (Å²) in [6, 6.07) is 1.22. The number of hydrogen-bond donors (Lipinski definition) is 2. The Labute approximate surface area is 115 Å². The minimum absolute atomic E-state index is 0.0583. The van der Waals surface area contributed by atoms with Crippen LogP contribution in [0.5, 0.6) is 0 Å². The van der Waals surface area contributed by atoms with Crippen LogP contribution in [0.25, 0.3) is 0 Å². The molecule has 1 saturated heterocycles. The van der Waals surface area contributed by atoms with Crippen LogP contribution in [0.15, 0.2) is 12.3 Å². The van der Waals surface area contributed by atoms with Crippen molar-refractivity contribution in [2.45, 2.75) is 25.4 Å². The molecule has 1 fully saturated rings. The summed E-state index contributed by atoms with van der Waals surface area (Å²) in [6.45, 7) is 2.41. The number of hydrogen-bond acceptors (Lipinski definition) is 6. The van der Waals surface area contributed by atoms with Gasteiger partial charge in [0.1, 0.15) is 17.6 Å². The highest BCUT2D eigenvalue weighted by molar-refractivity contribution is 5.98. The molecule has 8 nitrogen and oxygen atoms in total. The van der Waals surface area contributed by atoms with E-state index in [1.165, 1.54) is 11.0 Å². The van der Waals surface area contributed by atoms with Gasteiger partial charge in [-0.25, -0.2) is 4.98 Å². The number of rotatable bonds is 2. The van der Waals surface area contributed by atoms with E-state index < -0.39 is 16.4 Å². The van der Waals surface area contributed by atoms with Crippen LogP contribution in [0.3, 0.4) is 0 Å². The number of piperidine rings is 1. The molecule has 20 heavy (non-hydrogen) atoms. The molecule has 0 aromatic carbocycles. The van der Waals surface area contributed by atoms with Gasteiger partial charge in [0.05, 0.1) is 10.5 Å². The molecule has 0 atom stereocenters. The van der Waals surface area contributed by atoms with E-state index in [0.29, 0.717) is 25.9 Å². The van der Waals surface area contributed by atoms with Gasteiger partial charge in [-0.05, 0) is 25.8 Å². The number of nitrogens with zero attached hydrogens (tertiary/aromatic N) is 3. The van der Waals surface area contributed by atoms with E-state index in [1.807, 2.05) is 0 Å². The van der Waals surface area contributed by atoms with Gasteiger partial charge in [0.2, 0.25) is 0 Å². The third-order valence-electron chi connectivity index (χ3n) is 3.46. The molecule has 0 unspecified atom stereocenters. The molecule has 0 spiro atoms.